The molecule has 0 aromatic heterocycles. The predicted octanol–water partition coefficient (Wildman–Crippen LogP) is 2.43. The number of piperidine rings is 1. The summed E-state index contributed by atoms with van der Waals surface area (Å²) in [5.41, 5.74) is 14.0. The molecule has 1 amide bonds. The normalized spacial score (nSPS) is 20.5. The zero-order chi connectivity index (χ0) is 19.3. The van der Waals surface area contributed by atoms with Gasteiger partial charge in [-0.15, -0.1) is 0 Å². The van der Waals surface area contributed by atoms with E-state index in [-0.39, 0.29) is 17.9 Å². The van der Waals surface area contributed by atoms with Crippen molar-refractivity contribution in [2.45, 2.75) is 31.8 Å². The maximum Gasteiger partial charge on any atom is 0.254 e. The van der Waals surface area contributed by atoms with Crippen LogP contribution in [0.3, 0.4) is 0 Å². The SMILES string of the molecule is O=C(c1ccccc1C1NNNN1)N1CCCC(CCc2ccccc2F)C1. The number of hydrazine groups is 3. The van der Waals surface area contributed by atoms with Gasteiger partial charge in [0.15, 0.2) is 0 Å². The molecule has 2 aliphatic rings. The van der Waals surface area contributed by atoms with Crippen molar-refractivity contribution < 1.29 is 9.18 Å². The van der Waals surface area contributed by atoms with Gasteiger partial charge in [0, 0.05) is 18.7 Å². The molecule has 2 fully saturated rings. The van der Waals surface area contributed by atoms with Crippen molar-refractivity contribution in [3.05, 3.63) is 71.0 Å². The summed E-state index contributed by atoms with van der Waals surface area (Å²) in [7, 11) is 0. The number of nitrogens with one attached hydrogen (secondary N) is 4. The molecule has 148 valence electrons. The van der Waals surface area contributed by atoms with E-state index < -0.39 is 0 Å². The number of likely N-dealkylation sites (tertiary alicyclic amines) is 1. The molecule has 0 spiro atoms. The molecule has 0 aliphatic carbocycles. The second-order valence-electron chi connectivity index (χ2n) is 7.45. The molecule has 2 aliphatic heterocycles. The Bertz CT molecular complexity index is 824. The minimum Gasteiger partial charge on any atom is -0.338 e. The minimum atomic E-state index is -0.179. The van der Waals surface area contributed by atoms with Gasteiger partial charge in [-0.1, -0.05) is 36.4 Å². The lowest BCUT2D eigenvalue weighted by Gasteiger charge is -2.33. The van der Waals surface area contributed by atoms with Crippen molar-refractivity contribution in [2.75, 3.05) is 13.1 Å². The number of halogens is 1. The second kappa shape index (κ2) is 8.79. The highest BCUT2D eigenvalue weighted by Crippen LogP contribution is 2.25. The van der Waals surface area contributed by atoms with E-state index in [1.54, 1.807) is 6.07 Å². The summed E-state index contributed by atoms with van der Waals surface area (Å²) in [5.74, 6) is 0.316. The third kappa shape index (κ3) is 4.23. The average molecular weight is 383 g/mol. The van der Waals surface area contributed by atoms with E-state index in [0.717, 1.165) is 43.5 Å². The quantitative estimate of drug-likeness (QED) is 0.639. The molecule has 4 rings (SSSR count). The molecule has 1 unspecified atom stereocenters. The summed E-state index contributed by atoms with van der Waals surface area (Å²) in [6, 6.07) is 14.6. The van der Waals surface area contributed by atoms with Gasteiger partial charge in [-0.05, 0) is 54.9 Å². The number of carbonyl (C=O) groups is 1. The fourth-order valence-corrected chi connectivity index (χ4v) is 4.07. The lowest BCUT2D eigenvalue weighted by atomic mass is 9.91. The first kappa shape index (κ1) is 19.0. The van der Waals surface area contributed by atoms with Crippen LogP contribution in [-0.4, -0.2) is 23.9 Å². The van der Waals surface area contributed by atoms with Gasteiger partial charge in [-0.2, -0.15) is 11.1 Å². The molecule has 28 heavy (non-hydrogen) atoms. The second-order valence-corrected chi connectivity index (χ2v) is 7.45. The van der Waals surface area contributed by atoms with Crippen LogP contribution in [0.15, 0.2) is 48.5 Å². The van der Waals surface area contributed by atoms with Crippen molar-refractivity contribution in [1.82, 2.24) is 26.8 Å². The summed E-state index contributed by atoms with van der Waals surface area (Å²) in [5, 5.41) is 0. The van der Waals surface area contributed by atoms with Crippen LogP contribution in [0.4, 0.5) is 4.39 Å². The topological polar surface area (TPSA) is 68.4 Å². The summed E-state index contributed by atoms with van der Waals surface area (Å²) in [6.45, 7) is 1.50. The molecule has 2 aromatic carbocycles. The van der Waals surface area contributed by atoms with Crippen LogP contribution < -0.4 is 21.9 Å². The summed E-state index contributed by atoms with van der Waals surface area (Å²) in [6.07, 6.45) is 3.50. The molecule has 0 bridgehead atoms. The molecule has 2 aromatic rings. The molecule has 7 heteroatoms. The van der Waals surface area contributed by atoms with Gasteiger partial charge >= 0.3 is 0 Å². The van der Waals surface area contributed by atoms with E-state index >= 15 is 0 Å². The number of benzene rings is 2. The Labute approximate surface area is 164 Å². The van der Waals surface area contributed by atoms with Gasteiger partial charge in [0.2, 0.25) is 0 Å². The standard InChI is InChI=1S/C21H26FN5O/c22-19-10-4-1-7-16(19)12-11-15-6-5-13-27(14-15)21(28)18-9-3-2-8-17(18)20-23-25-26-24-20/h1-4,7-10,15,20,23-26H,5-6,11-14H2. The summed E-state index contributed by atoms with van der Waals surface area (Å²) >= 11 is 0. The van der Waals surface area contributed by atoms with E-state index in [9.17, 15) is 9.18 Å². The molecular formula is C21H26FN5O. The van der Waals surface area contributed by atoms with Crippen molar-refractivity contribution in [2.24, 2.45) is 5.92 Å². The molecular weight excluding hydrogens is 357 g/mol. The number of rotatable bonds is 5. The maximum atomic E-state index is 13.9. The number of carbonyl (C=O) groups excluding carboxylic acids is 1. The van der Waals surface area contributed by atoms with Crippen LogP contribution in [-0.2, 0) is 6.42 Å². The molecule has 1 atom stereocenters. The minimum absolute atomic E-state index is 0.0571. The highest BCUT2D eigenvalue weighted by Gasteiger charge is 2.28. The number of nitrogens with zero attached hydrogens (tertiary/aromatic N) is 1. The maximum absolute atomic E-state index is 13.9. The van der Waals surface area contributed by atoms with Gasteiger partial charge in [0.25, 0.3) is 5.91 Å². The first-order valence-electron chi connectivity index (χ1n) is 9.85. The van der Waals surface area contributed by atoms with Crippen molar-refractivity contribution >= 4 is 5.91 Å². The first-order valence-corrected chi connectivity index (χ1v) is 9.85. The highest BCUT2D eigenvalue weighted by molar-refractivity contribution is 5.96. The van der Waals surface area contributed by atoms with Crippen LogP contribution in [0.25, 0.3) is 0 Å². The first-order chi connectivity index (χ1) is 13.7. The van der Waals surface area contributed by atoms with Crippen molar-refractivity contribution in [1.29, 1.82) is 0 Å². The van der Waals surface area contributed by atoms with E-state index in [1.807, 2.05) is 41.3 Å². The number of aryl methyl sites for hydroxylation is 1. The number of amides is 1. The van der Waals surface area contributed by atoms with Crippen LogP contribution >= 0.6 is 0 Å². The molecule has 6 nitrogen and oxygen atoms in total. The van der Waals surface area contributed by atoms with E-state index in [1.165, 1.54) is 6.07 Å². The Morgan fingerprint density at radius 3 is 2.64 bits per heavy atom. The molecule has 2 saturated heterocycles. The lowest BCUT2D eigenvalue weighted by molar-refractivity contribution is 0.0666. The predicted molar refractivity (Wildman–Crippen MR) is 105 cm³/mol. The molecule has 0 saturated carbocycles. The van der Waals surface area contributed by atoms with Crippen LogP contribution in [0, 0.1) is 11.7 Å². The fraction of sp³-hybridized carbons (Fsp3) is 0.381. The smallest absolute Gasteiger partial charge is 0.254 e. The van der Waals surface area contributed by atoms with Crippen molar-refractivity contribution in [3.63, 3.8) is 0 Å². The summed E-state index contributed by atoms with van der Waals surface area (Å²) < 4.78 is 13.9. The number of hydrogen-bond donors (Lipinski definition) is 4. The monoisotopic (exact) mass is 383 g/mol. The largest absolute Gasteiger partial charge is 0.338 e. The van der Waals surface area contributed by atoms with Gasteiger partial charge in [-0.3, -0.25) is 4.79 Å². The highest BCUT2D eigenvalue weighted by atomic mass is 19.1. The van der Waals surface area contributed by atoms with Gasteiger partial charge in [0.1, 0.15) is 12.0 Å². The fourth-order valence-electron chi connectivity index (χ4n) is 4.07. The number of hydrogen-bond acceptors (Lipinski definition) is 5. The van der Waals surface area contributed by atoms with E-state index in [4.69, 9.17) is 0 Å². The Morgan fingerprint density at radius 2 is 1.82 bits per heavy atom. The van der Waals surface area contributed by atoms with Gasteiger partial charge in [-0.25, -0.2) is 15.2 Å². The van der Waals surface area contributed by atoms with Crippen LogP contribution in [0.1, 0.15) is 46.9 Å². The molecule has 4 N–H and O–H groups in total. The third-order valence-electron chi connectivity index (χ3n) is 5.58. The average Bonchev–Trinajstić information content (AvgIpc) is 3.28. The van der Waals surface area contributed by atoms with E-state index in [0.29, 0.717) is 17.9 Å². The van der Waals surface area contributed by atoms with Crippen LogP contribution in [0.5, 0.6) is 0 Å². The Hall–Kier alpha value is -2.32. The van der Waals surface area contributed by atoms with E-state index in [2.05, 4.69) is 21.9 Å². The Kier molecular flexibility index (Phi) is 5.97. The zero-order valence-electron chi connectivity index (χ0n) is 15.7. The molecule has 0 radical (unpaired) electrons. The van der Waals surface area contributed by atoms with Crippen molar-refractivity contribution in [3.8, 4) is 0 Å². The van der Waals surface area contributed by atoms with Crippen LogP contribution in [0.2, 0.25) is 0 Å². The van der Waals surface area contributed by atoms with Gasteiger partial charge in [0.05, 0.1) is 0 Å². The molecule has 2 heterocycles. The Balaban J connectivity index is 1.42. The summed E-state index contributed by atoms with van der Waals surface area (Å²) in [4.78, 5) is 15.2. The van der Waals surface area contributed by atoms with Gasteiger partial charge < -0.3 is 4.90 Å². The Morgan fingerprint density at radius 1 is 1.07 bits per heavy atom. The zero-order valence-corrected chi connectivity index (χ0v) is 15.7. The lowest BCUT2D eigenvalue weighted by Crippen LogP contribution is -2.41. The third-order valence-corrected chi connectivity index (χ3v) is 5.58.